The van der Waals surface area contributed by atoms with Gasteiger partial charge in [-0.3, -0.25) is 4.79 Å². The molecular weight excluding hydrogens is 436 g/mol. The number of nitrogens with zero attached hydrogens (tertiary/aromatic N) is 6. The number of rotatable bonds is 6. The number of aromatic nitrogens is 4. The maximum absolute atomic E-state index is 12.7. The Kier molecular flexibility index (Phi) is 6.04. The number of carbonyl (C=O) groups excluding carboxylic acids is 1. The Morgan fingerprint density at radius 1 is 1.18 bits per heavy atom. The molecule has 0 aromatic carbocycles. The van der Waals surface area contributed by atoms with Crippen LogP contribution in [-0.2, 0) is 13.0 Å². The van der Waals surface area contributed by atoms with E-state index in [0.29, 0.717) is 49.5 Å². The summed E-state index contributed by atoms with van der Waals surface area (Å²) in [6.45, 7) is 7.04. The van der Waals surface area contributed by atoms with Crippen LogP contribution in [0.2, 0.25) is 0 Å². The second-order valence-electron chi connectivity index (χ2n) is 8.77. The van der Waals surface area contributed by atoms with Gasteiger partial charge in [-0.15, -0.1) is 0 Å². The molecule has 1 saturated heterocycles. The van der Waals surface area contributed by atoms with Crippen molar-refractivity contribution in [2.75, 3.05) is 38.3 Å². The Labute approximate surface area is 197 Å². The molecule has 1 fully saturated rings. The Bertz CT molecular complexity index is 1200. The minimum Gasteiger partial charge on any atom is -0.481 e. The van der Waals surface area contributed by atoms with Crippen molar-refractivity contribution in [3.05, 3.63) is 53.3 Å². The molecule has 1 atom stereocenters. The van der Waals surface area contributed by atoms with Crippen LogP contribution in [0.25, 0.3) is 0 Å². The predicted octanol–water partition coefficient (Wildman–Crippen LogP) is 2.59. The van der Waals surface area contributed by atoms with Gasteiger partial charge in [0.15, 0.2) is 12.1 Å². The largest absolute Gasteiger partial charge is 0.481 e. The topological polar surface area (TPSA) is 107 Å². The summed E-state index contributed by atoms with van der Waals surface area (Å²) in [4.78, 5) is 34.2. The van der Waals surface area contributed by atoms with Crippen molar-refractivity contribution < 1.29 is 18.7 Å². The van der Waals surface area contributed by atoms with Gasteiger partial charge in [-0.1, -0.05) is 0 Å². The summed E-state index contributed by atoms with van der Waals surface area (Å²) >= 11 is 0. The number of oxazole rings is 1. The normalized spacial score (nSPS) is 17.6. The summed E-state index contributed by atoms with van der Waals surface area (Å²) in [7, 11) is 1.63. The molecule has 5 rings (SSSR count). The molecule has 10 nitrogen and oxygen atoms in total. The third-order valence-electron chi connectivity index (χ3n) is 6.51. The maximum atomic E-state index is 12.7. The molecule has 0 radical (unpaired) electrons. The fourth-order valence-corrected chi connectivity index (χ4v) is 4.60. The number of likely N-dealkylation sites (tertiary alicyclic amines) is 1. The van der Waals surface area contributed by atoms with E-state index in [9.17, 15) is 4.79 Å². The highest BCUT2D eigenvalue weighted by Crippen LogP contribution is 2.30. The van der Waals surface area contributed by atoms with Gasteiger partial charge in [-0.25, -0.2) is 19.9 Å². The molecule has 2 aliphatic heterocycles. The second kappa shape index (κ2) is 9.28. The smallest absolute Gasteiger partial charge is 0.276 e. The minimum absolute atomic E-state index is 0.0906. The van der Waals surface area contributed by atoms with E-state index in [0.717, 1.165) is 41.9 Å². The van der Waals surface area contributed by atoms with Crippen molar-refractivity contribution >= 4 is 11.6 Å². The van der Waals surface area contributed by atoms with Crippen molar-refractivity contribution in [1.29, 1.82) is 0 Å². The summed E-state index contributed by atoms with van der Waals surface area (Å²) < 4.78 is 16.7. The zero-order valence-electron chi connectivity index (χ0n) is 19.7. The molecular formula is C24H28N6O4. The van der Waals surface area contributed by atoms with Crippen molar-refractivity contribution in [1.82, 2.24) is 24.8 Å². The number of hydrogen-bond donors (Lipinski definition) is 0. The number of ether oxygens (including phenoxy) is 2. The van der Waals surface area contributed by atoms with E-state index < -0.39 is 0 Å². The molecule has 34 heavy (non-hydrogen) atoms. The van der Waals surface area contributed by atoms with Crippen LogP contribution in [0.1, 0.15) is 39.5 Å². The highest BCUT2D eigenvalue weighted by Gasteiger charge is 2.30. The molecule has 0 spiro atoms. The van der Waals surface area contributed by atoms with Gasteiger partial charge in [0.05, 0.1) is 43.4 Å². The van der Waals surface area contributed by atoms with Gasteiger partial charge in [-0.05, 0) is 26.3 Å². The Morgan fingerprint density at radius 2 is 2.06 bits per heavy atom. The molecule has 3 aromatic rings. The van der Waals surface area contributed by atoms with Crippen molar-refractivity contribution in [2.45, 2.75) is 33.2 Å². The van der Waals surface area contributed by atoms with E-state index in [-0.39, 0.29) is 11.8 Å². The average Bonchev–Trinajstić information content (AvgIpc) is 3.51. The zero-order chi connectivity index (χ0) is 23.7. The van der Waals surface area contributed by atoms with Crippen molar-refractivity contribution in [2.24, 2.45) is 5.92 Å². The Balaban J connectivity index is 1.24. The Hall–Kier alpha value is -3.69. The van der Waals surface area contributed by atoms with Crippen LogP contribution in [-0.4, -0.2) is 64.1 Å². The van der Waals surface area contributed by atoms with Gasteiger partial charge < -0.3 is 23.7 Å². The van der Waals surface area contributed by atoms with E-state index in [1.807, 2.05) is 18.0 Å². The lowest BCUT2D eigenvalue weighted by Crippen LogP contribution is -2.32. The van der Waals surface area contributed by atoms with E-state index in [4.69, 9.17) is 13.9 Å². The number of pyridine rings is 1. The Morgan fingerprint density at radius 3 is 2.82 bits per heavy atom. The number of hydrogen-bond acceptors (Lipinski definition) is 9. The summed E-state index contributed by atoms with van der Waals surface area (Å²) in [6, 6.07) is 2.09. The summed E-state index contributed by atoms with van der Waals surface area (Å²) in [5, 5.41) is 0. The fraction of sp³-hybridized carbons (Fsp3) is 0.458. The number of anilines is 1. The van der Waals surface area contributed by atoms with Gasteiger partial charge in [0.25, 0.3) is 5.91 Å². The highest BCUT2D eigenvalue weighted by molar-refractivity contribution is 5.93. The van der Waals surface area contributed by atoms with E-state index in [1.54, 1.807) is 20.4 Å². The number of methoxy groups -OCH3 is 1. The van der Waals surface area contributed by atoms with Gasteiger partial charge in [0.2, 0.25) is 11.8 Å². The van der Waals surface area contributed by atoms with Crippen molar-refractivity contribution in [3.63, 3.8) is 0 Å². The number of aryl methyl sites for hydroxylation is 2. The van der Waals surface area contributed by atoms with Gasteiger partial charge in [0, 0.05) is 37.5 Å². The first-order valence-corrected chi connectivity index (χ1v) is 11.4. The molecule has 10 heteroatoms. The minimum atomic E-state index is -0.0906. The quantitative estimate of drug-likeness (QED) is 0.544. The molecule has 0 bridgehead atoms. The molecule has 3 aromatic heterocycles. The van der Waals surface area contributed by atoms with Crippen molar-refractivity contribution in [3.8, 4) is 11.8 Å². The van der Waals surface area contributed by atoms with Gasteiger partial charge in [0.1, 0.15) is 12.1 Å². The lowest BCUT2D eigenvalue weighted by molar-refractivity contribution is 0.0776. The molecule has 0 N–H and O–H groups in total. The van der Waals surface area contributed by atoms with E-state index >= 15 is 0 Å². The first-order chi connectivity index (χ1) is 16.5. The molecule has 0 aliphatic carbocycles. The van der Waals surface area contributed by atoms with Crippen LogP contribution in [0, 0.1) is 19.8 Å². The van der Waals surface area contributed by atoms with Gasteiger partial charge in [-0.2, -0.15) is 0 Å². The lowest BCUT2D eigenvalue weighted by atomic mass is 10.1. The molecule has 178 valence electrons. The fourth-order valence-electron chi connectivity index (χ4n) is 4.60. The zero-order valence-corrected chi connectivity index (χ0v) is 19.7. The lowest BCUT2D eigenvalue weighted by Gasteiger charge is -2.30. The maximum Gasteiger partial charge on any atom is 0.276 e. The second-order valence-corrected chi connectivity index (χ2v) is 8.77. The van der Waals surface area contributed by atoms with Crippen LogP contribution in [0.15, 0.2) is 29.4 Å². The first kappa shape index (κ1) is 22.1. The summed E-state index contributed by atoms with van der Waals surface area (Å²) in [6.07, 6.45) is 6.40. The van der Waals surface area contributed by atoms with E-state index in [1.165, 1.54) is 6.39 Å². The van der Waals surface area contributed by atoms with Crippen LogP contribution < -0.4 is 14.4 Å². The van der Waals surface area contributed by atoms with E-state index in [2.05, 4.69) is 30.9 Å². The van der Waals surface area contributed by atoms with Crippen LogP contribution in [0.4, 0.5) is 5.69 Å². The SMILES string of the molecule is COc1ncc(N2CCc3ncnc(OCC4CCN(C(=O)c5ncoc5C)C4)c3C2)cc1C. The standard InChI is InChI=1S/C24H28N6O4/c1-15-8-18(9-25-22(15)32-3)29-7-5-20-19(11-29)23(27-13-26-20)33-12-17-4-6-30(10-17)24(31)21-16(2)34-14-28-21/h8-9,13-14,17H,4-7,10-12H2,1-3H3. The third kappa shape index (κ3) is 4.27. The molecule has 0 saturated carbocycles. The van der Waals surface area contributed by atoms with Gasteiger partial charge >= 0.3 is 0 Å². The molecule has 1 amide bonds. The summed E-state index contributed by atoms with van der Waals surface area (Å²) in [5.74, 6) is 1.94. The first-order valence-electron chi connectivity index (χ1n) is 11.4. The van der Waals surface area contributed by atoms with Crippen LogP contribution >= 0.6 is 0 Å². The molecule has 1 unspecified atom stereocenters. The highest BCUT2D eigenvalue weighted by atomic mass is 16.5. The molecule has 5 heterocycles. The summed E-state index contributed by atoms with van der Waals surface area (Å²) in [5.41, 5.74) is 4.44. The van der Waals surface area contributed by atoms with Crippen LogP contribution in [0.3, 0.4) is 0 Å². The number of fused-ring (bicyclic) bond motifs is 1. The number of carbonyl (C=O) groups is 1. The predicted molar refractivity (Wildman–Crippen MR) is 123 cm³/mol. The van der Waals surface area contributed by atoms with Crippen LogP contribution in [0.5, 0.6) is 11.8 Å². The number of amides is 1. The average molecular weight is 465 g/mol. The monoisotopic (exact) mass is 464 g/mol. The molecule has 2 aliphatic rings. The third-order valence-corrected chi connectivity index (χ3v) is 6.51.